The van der Waals surface area contributed by atoms with E-state index in [4.69, 9.17) is 0 Å². The van der Waals surface area contributed by atoms with Crippen molar-refractivity contribution in [1.82, 2.24) is 5.32 Å². The molecule has 2 rings (SSSR count). The molecule has 0 saturated heterocycles. The molecule has 0 aliphatic rings. The Hall–Kier alpha value is -1.40. The first-order valence-electron chi connectivity index (χ1n) is 5.75. The molecule has 0 aliphatic carbocycles. The van der Waals surface area contributed by atoms with Crippen LogP contribution >= 0.6 is 15.9 Å². The molecule has 0 bridgehead atoms. The molecule has 1 nitrogen and oxygen atoms in total. The molecule has 0 saturated carbocycles. The van der Waals surface area contributed by atoms with Gasteiger partial charge >= 0.3 is 0 Å². The van der Waals surface area contributed by atoms with Gasteiger partial charge in [0, 0.05) is 17.6 Å². The first-order valence-corrected chi connectivity index (χ1v) is 6.54. The van der Waals surface area contributed by atoms with E-state index in [0.717, 1.165) is 16.6 Å². The van der Waals surface area contributed by atoms with Crippen molar-refractivity contribution in [2.75, 3.05) is 0 Å². The Balaban J connectivity index is 2.01. The molecule has 0 atom stereocenters. The summed E-state index contributed by atoms with van der Waals surface area (Å²) >= 11 is 3.27. The van der Waals surface area contributed by atoms with Gasteiger partial charge in [0.05, 0.1) is 0 Å². The minimum atomic E-state index is -1.48. The standard InChI is InChI=1S/C14H10BrF4N/c15-11-2-1-10(16)5-9(11)7-20-6-8-3-12(17)14(19)13(18)4-8/h1-5,20H,6-7H2. The van der Waals surface area contributed by atoms with Crippen molar-refractivity contribution in [2.45, 2.75) is 13.1 Å². The van der Waals surface area contributed by atoms with E-state index in [2.05, 4.69) is 21.2 Å². The highest BCUT2D eigenvalue weighted by atomic mass is 79.9. The summed E-state index contributed by atoms with van der Waals surface area (Å²) in [6.07, 6.45) is 0. The zero-order valence-electron chi connectivity index (χ0n) is 10.2. The SMILES string of the molecule is Fc1ccc(Br)c(CNCc2cc(F)c(F)c(F)c2)c1. The van der Waals surface area contributed by atoms with Crippen molar-refractivity contribution in [3.63, 3.8) is 0 Å². The quantitative estimate of drug-likeness (QED) is 0.642. The lowest BCUT2D eigenvalue weighted by molar-refractivity contribution is 0.444. The lowest BCUT2D eigenvalue weighted by atomic mass is 10.2. The van der Waals surface area contributed by atoms with Gasteiger partial charge in [-0.25, -0.2) is 17.6 Å². The fourth-order valence-corrected chi connectivity index (χ4v) is 2.12. The van der Waals surface area contributed by atoms with E-state index in [1.54, 1.807) is 6.07 Å². The van der Waals surface area contributed by atoms with Crippen LogP contribution in [0, 0.1) is 23.3 Å². The molecule has 0 amide bonds. The molecule has 0 spiro atoms. The van der Waals surface area contributed by atoms with Gasteiger partial charge in [0.25, 0.3) is 0 Å². The summed E-state index contributed by atoms with van der Waals surface area (Å²) in [7, 11) is 0. The van der Waals surface area contributed by atoms with Crippen LogP contribution in [0.4, 0.5) is 17.6 Å². The van der Waals surface area contributed by atoms with Gasteiger partial charge in [-0.1, -0.05) is 15.9 Å². The second-order valence-electron chi connectivity index (χ2n) is 4.21. The first kappa shape index (κ1) is 15.0. The van der Waals surface area contributed by atoms with Crippen molar-refractivity contribution in [3.8, 4) is 0 Å². The normalized spacial score (nSPS) is 10.8. The van der Waals surface area contributed by atoms with Crippen LogP contribution < -0.4 is 5.32 Å². The van der Waals surface area contributed by atoms with Crippen LogP contribution in [0.1, 0.15) is 11.1 Å². The predicted octanol–water partition coefficient (Wildman–Crippen LogP) is 4.30. The maximum absolute atomic E-state index is 13.1. The number of hydrogen-bond donors (Lipinski definition) is 1. The molecule has 0 heterocycles. The minimum Gasteiger partial charge on any atom is -0.309 e. The average molecular weight is 348 g/mol. The summed E-state index contributed by atoms with van der Waals surface area (Å²) in [5.41, 5.74) is 0.946. The third kappa shape index (κ3) is 3.58. The van der Waals surface area contributed by atoms with Crippen molar-refractivity contribution < 1.29 is 17.6 Å². The highest BCUT2D eigenvalue weighted by Crippen LogP contribution is 2.18. The molecule has 1 N–H and O–H groups in total. The van der Waals surface area contributed by atoms with E-state index < -0.39 is 17.5 Å². The van der Waals surface area contributed by atoms with Crippen LogP contribution in [-0.2, 0) is 13.1 Å². The monoisotopic (exact) mass is 347 g/mol. The molecule has 0 aliphatic heterocycles. The zero-order chi connectivity index (χ0) is 14.7. The molecule has 6 heteroatoms. The summed E-state index contributed by atoms with van der Waals surface area (Å²) in [4.78, 5) is 0. The number of hydrogen-bond acceptors (Lipinski definition) is 1. The molecule has 0 aromatic heterocycles. The van der Waals surface area contributed by atoms with E-state index in [-0.39, 0.29) is 17.9 Å². The molecule has 0 fully saturated rings. The van der Waals surface area contributed by atoms with Crippen LogP contribution in [0.3, 0.4) is 0 Å². The molecular weight excluding hydrogens is 338 g/mol. The van der Waals surface area contributed by atoms with Gasteiger partial charge in [-0.2, -0.15) is 0 Å². The number of halogens is 5. The molecule has 0 radical (unpaired) electrons. The number of benzene rings is 2. The van der Waals surface area contributed by atoms with E-state index in [1.165, 1.54) is 12.1 Å². The lowest BCUT2D eigenvalue weighted by Crippen LogP contribution is -2.14. The number of nitrogens with one attached hydrogen (secondary N) is 1. The van der Waals surface area contributed by atoms with Gasteiger partial charge in [-0.15, -0.1) is 0 Å². The van der Waals surface area contributed by atoms with Crippen LogP contribution in [-0.4, -0.2) is 0 Å². The highest BCUT2D eigenvalue weighted by Gasteiger charge is 2.10. The lowest BCUT2D eigenvalue weighted by Gasteiger charge is -2.08. The van der Waals surface area contributed by atoms with E-state index in [0.29, 0.717) is 12.1 Å². The molecule has 2 aromatic carbocycles. The maximum atomic E-state index is 13.1. The van der Waals surface area contributed by atoms with Crippen LogP contribution in [0.2, 0.25) is 0 Å². The highest BCUT2D eigenvalue weighted by molar-refractivity contribution is 9.10. The number of rotatable bonds is 4. The minimum absolute atomic E-state index is 0.136. The fourth-order valence-electron chi connectivity index (χ4n) is 1.73. The van der Waals surface area contributed by atoms with Gasteiger partial charge in [0.1, 0.15) is 5.82 Å². The second-order valence-corrected chi connectivity index (χ2v) is 5.07. The summed E-state index contributed by atoms with van der Waals surface area (Å²) in [5.74, 6) is -4.31. The summed E-state index contributed by atoms with van der Waals surface area (Å²) in [5, 5.41) is 2.91. The summed E-state index contributed by atoms with van der Waals surface area (Å²) in [6, 6.07) is 6.09. The fraction of sp³-hybridized carbons (Fsp3) is 0.143. The molecular formula is C14H10BrF4N. The van der Waals surface area contributed by atoms with Crippen molar-refractivity contribution in [1.29, 1.82) is 0 Å². The van der Waals surface area contributed by atoms with E-state index in [1.807, 2.05) is 0 Å². The Kier molecular flexibility index (Phi) is 4.77. The third-order valence-corrected chi connectivity index (χ3v) is 3.47. The summed E-state index contributed by atoms with van der Waals surface area (Å²) in [6.45, 7) is 0.441. The van der Waals surface area contributed by atoms with Crippen LogP contribution in [0.5, 0.6) is 0 Å². The topological polar surface area (TPSA) is 12.0 Å². The molecule has 0 unspecified atom stereocenters. The van der Waals surface area contributed by atoms with Gasteiger partial charge < -0.3 is 5.32 Å². The Labute approximate surface area is 121 Å². The van der Waals surface area contributed by atoms with E-state index >= 15 is 0 Å². The van der Waals surface area contributed by atoms with Gasteiger partial charge in [0.2, 0.25) is 0 Å². The zero-order valence-corrected chi connectivity index (χ0v) is 11.8. The van der Waals surface area contributed by atoms with Gasteiger partial charge in [-0.3, -0.25) is 0 Å². The second kappa shape index (κ2) is 6.37. The Morgan fingerprint density at radius 2 is 1.55 bits per heavy atom. The van der Waals surface area contributed by atoms with Gasteiger partial charge in [0.15, 0.2) is 17.5 Å². The predicted molar refractivity (Wildman–Crippen MR) is 71.0 cm³/mol. The summed E-state index contributed by atoms with van der Waals surface area (Å²) < 4.78 is 52.6. The van der Waals surface area contributed by atoms with Crippen molar-refractivity contribution >= 4 is 15.9 Å². The van der Waals surface area contributed by atoms with Crippen LogP contribution in [0.25, 0.3) is 0 Å². The van der Waals surface area contributed by atoms with Crippen molar-refractivity contribution in [2.24, 2.45) is 0 Å². The van der Waals surface area contributed by atoms with Crippen molar-refractivity contribution in [3.05, 3.63) is 69.2 Å². The Morgan fingerprint density at radius 1 is 0.900 bits per heavy atom. The Bertz CT molecular complexity index is 608. The van der Waals surface area contributed by atoms with Gasteiger partial charge in [-0.05, 0) is 41.5 Å². The molecule has 2 aromatic rings. The first-order chi connectivity index (χ1) is 9.47. The molecule has 20 heavy (non-hydrogen) atoms. The largest absolute Gasteiger partial charge is 0.309 e. The Morgan fingerprint density at radius 3 is 2.20 bits per heavy atom. The molecule has 106 valence electrons. The third-order valence-electron chi connectivity index (χ3n) is 2.70. The van der Waals surface area contributed by atoms with Crippen LogP contribution in [0.15, 0.2) is 34.8 Å². The average Bonchev–Trinajstić information content (AvgIpc) is 2.40. The smallest absolute Gasteiger partial charge is 0.194 e. The maximum Gasteiger partial charge on any atom is 0.194 e. The van der Waals surface area contributed by atoms with E-state index in [9.17, 15) is 17.6 Å².